The molecule has 2 rings (SSSR count). The summed E-state index contributed by atoms with van der Waals surface area (Å²) in [4.78, 5) is 1.28. The predicted molar refractivity (Wildman–Crippen MR) is 74.0 cm³/mol. The smallest absolute Gasteiger partial charge is 0.127 e. The number of nitrogens with zero attached hydrogens (tertiary/aromatic N) is 2. The molecule has 0 aliphatic rings. The maximum absolute atomic E-state index is 5.17. The van der Waals surface area contributed by atoms with E-state index in [2.05, 4.69) is 50.2 Å². The molecule has 0 amide bonds. The summed E-state index contributed by atoms with van der Waals surface area (Å²) in [6.07, 6.45) is 4.51. The standard InChI is InChI=1S/C14H20N2OS/c1-13(2,3)10-9-17-16-11(10)8-14(4,5)12-6-7-15-18-12/h6-7,9H,8H2,1-5H3. The number of hydrogen-bond acceptors (Lipinski definition) is 4. The first-order chi connectivity index (χ1) is 8.31. The van der Waals surface area contributed by atoms with Crippen LogP contribution in [0.15, 0.2) is 23.0 Å². The summed E-state index contributed by atoms with van der Waals surface area (Å²) >= 11 is 1.56. The maximum atomic E-state index is 5.17. The molecule has 2 aromatic rings. The lowest BCUT2D eigenvalue weighted by molar-refractivity contribution is 0.400. The summed E-state index contributed by atoms with van der Waals surface area (Å²) in [6, 6.07) is 2.08. The van der Waals surface area contributed by atoms with E-state index in [-0.39, 0.29) is 10.8 Å². The minimum absolute atomic E-state index is 0.0397. The molecule has 0 saturated heterocycles. The van der Waals surface area contributed by atoms with Crippen LogP contribution >= 0.6 is 11.5 Å². The third-order valence-electron chi connectivity index (χ3n) is 3.17. The Bertz CT molecular complexity index is 506. The molecule has 0 saturated carbocycles. The van der Waals surface area contributed by atoms with E-state index in [0.29, 0.717) is 0 Å². The summed E-state index contributed by atoms with van der Waals surface area (Å²) in [5, 5.41) is 4.19. The van der Waals surface area contributed by atoms with Gasteiger partial charge >= 0.3 is 0 Å². The molecule has 0 fully saturated rings. The lowest BCUT2D eigenvalue weighted by Crippen LogP contribution is -2.22. The van der Waals surface area contributed by atoms with Crippen LogP contribution in [0.2, 0.25) is 0 Å². The van der Waals surface area contributed by atoms with Crippen molar-refractivity contribution >= 4 is 11.5 Å². The molecule has 0 atom stereocenters. The van der Waals surface area contributed by atoms with E-state index in [1.807, 2.05) is 6.20 Å². The van der Waals surface area contributed by atoms with Crippen LogP contribution in [-0.4, -0.2) is 9.53 Å². The molecule has 4 heteroatoms. The van der Waals surface area contributed by atoms with E-state index < -0.39 is 0 Å². The molecule has 0 spiro atoms. The number of hydrogen-bond donors (Lipinski definition) is 0. The average Bonchev–Trinajstić information content (AvgIpc) is 2.83. The molecular weight excluding hydrogens is 244 g/mol. The van der Waals surface area contributed by atoms with Crippen LogP contribution in [0.4, 0.5) is 0 Å². The Balaban J connectivity index is 2.28. The normalized spacial score (nSPS) is 12.9. The number of rotatable bonds is 3. The van der Waals surface area contributed by atoms with Gasteiger partial charge in [0, 0.05) is 28.5 Å². The highest BCUT2D eigenvalue weighted by Crippen LogP contribution is 2.33. The van der Waals surface area contributed by atoms with Gasteiger partial charge < -0.3 is 4.52 Å². The van der Waals surface area contributed by atoms with Crippen molar-refractivity contribution in [1.82, 2.24) is 9.53 Å². The zero-order valence-electron chi connectivity index (χ0n) is 11.7. The third-order valence-corrected chi connectivity index (χ3v) is 4.28. The fourth-order valence-electron chi connectivity index (χ4n) is 2.07. The summed E-state index contributed by atoms with van der Waals surface area (Å²) in [5.41, 5.74) is 2.36. The molecule has 0 unspecified atom stereocenters. The van der Waals surface area contributed by atoms with Crippen LogP contribution in [0.25, 0.3) is 0 Å². The average molecular weight is 264 g/mol. The molecule has 0 aliphatic carbocycles. The summed E-state index contributed by atoms with van der Waals surface area (Å²) < 4.78 is 9.36. The highest BCUT2D eigenvalue weighted by atomic mass is 32.1. The first-order valence-electron chi connectivity index (χ1n) is 6.15. The zero-order chi connectivity index (χ0) is 13.4. The molecular formula is C14H20N2OS. The van der Waals surface area contributed by atoms with Crippen LogP contribution < -0.4 is 0 Å². The minimum Gasteiger partial charge on any atom is -0.364 e. The van der Waals surface area contributed by atoms with Gasteiger partial charge in [-0.15, -0.1) is 0 Å². The van der Waals surface area contributed by atoms with Gasteiger partial charge in [-0.25, -0.2) is 4.37 Å². The van der Waals surface area contributed by atoms with Gasteiger partial charge in [0.25, 0.3) is 0 Å². The van der Waals surface area contributed by atoms with E-state index in [1.54, 1.807) is 17.8 Å². The molecule has 98 valence electrons. The Kier molecular flexibility index (Phi) is 3.32. The van der Waals surface area contributed by atoms with Gasteiger partial charge in [-0.1, -0.05) is 39.8 Å². The molecule has 0 aliphatic heterocycles. The first kappa shape index (κ1) is 13.3. The minimum atomic E-state index is 0.0397. The summed E-state index contributed by atoms with van der Waals surface area (Å²) in [6.45, 7) is 11.0. The Morgan fingerprint density at radius 2 is 1.94 bits per heavy atom. The lowest BCUT2D eigenvalue weighted by Gasteiger charge is -2.24. The zero-order valence-corrected chi connectivity index (χ0v) is 12.5. The van der Waals surface area contributed by atoms with Gasteiger partial charge in [-0.3, -0.25) is 0 Å². The van der Waals surface area contributed by atoms with Crippen molar-refractivity contribution < 1.29 is 4.52 Å². The molecule has 0 radical (unpaired) electrons. The lowest BCUT2D eigenvalue weighted by atomic mass is 9.80. The van der Waals surface area contributed by atoms with E-state index in [4.69, 9.17) is 4.52 Å². The van der Waals surface area contributed by atoms with Crippen LogP contribution in [-0.2, 0) is 17.3 Å². The molecule has 2 aromatic heterocycles. The maximum Gasteiger partial charge on any atom is 0.127 e. The van der Waals surface area contributed by atoms with Crippen molar-refractivity contribution in [3.8, 4) is 0 Å². The van der Waals surface area contributed by atoms with Crippen LogP contribution in [0, 0.1) is 0 Å². The van der Waals surface area contributed by atoms with Gasteiger partial charge in [-0.2, -0.15) is 0 Å². The highest BCUT2D eigenvalue weighted by molar-refractivity contribution is 7.05. The van der Waals surface area contributed by atoms with Gasteiger partial charge in [0.15, 0.2) is 0 Å². The van der Waals surface area contributed by atoms with E-state index in [1.165, 1.54) is 10.4 Å². The monoisotopic (exact) mass is 264 g/mol. The number of aromatic nitrogens is 2. The molecule has 18 heavy (non-hydrogen) atoms. The molecule has 0 bridgehead atoms. The van der Waals surface area contributed by atoms with Crippen molar-refractivity contribution in [2.45, 2.75) is 51.9 Å². The summed E-state index contributed by atoms with van der Waals surface area (Å²) in [7, 11) is 0. The first-order valence-corrected chi connectivity index (χ1v) is 6.93. The molecule has 2 heterocycles. The van der Waals surface area contributed by atoms with Gasteiger partial charge in [0.2, 0.25) is 0 Å². The Morgan fingerprint density at radius 1 is 1.22 bits per heavy atom. The van der Waals surface area contributed by atoms with Gasteiger partial charge in [0.05, 0.1) is 5.69 Å². The Morgan fingerprint density at radius 3 is 2.50 bits per heavy atom. The van der Waals surface area contributed by atoms with Gasteiger partial charge in [0.1, 0.15) is 6.26 Å². The Labute approximate surface area is 112 Å². The summed E-state index contributed by atoms with van der Waals surface area (Å²) in [5.74, 6) is 0. The third kappa shape index (κ3) is 2.64. The predicted octanol–water partition coefficient (Wildman–Crippen LogP) is 3.95. The molecule has 0 aromatic carbocycles. The second-order valence-corrected chi connectivity index (χ2v) is 7.20. The van der Waals surface area contributed by atoms with Crippen molar-refractivity contribution in [1.29, 1.82) is 0 Å². The van der Waals surface area contributed by atoms with Gasteiger partial charge in [-0.05, 0) is 23.0 Å². The highest BCUT2D eigenvalue weighted by Gasteiger charge is 2.29. The van der Waals surface area contributed by atoms with E-state index in [0.717, 1.165) is 12.1 Å². The van der Waals surface area contributed by atoms with Crippen molar-refractivity contribution in [3.05, 3.63) is 34.7 Å². The quantitative estimate of drug-likeness (QED) is 0.842. The fraction of sp³-hybridized carbons (Fsp3) is 0.571. The Hall–Kier alpha value is -1.16. The topological polar surface area (TPSA) is 38.9 Å². The van der Waals surface area contributed by atoms with Crippen molar-refractivity contribution in [2.24, 2.45) is 0 Å². The van der Waals surface area contributed by atoms with E-state index in [9.17, 15) is 0 Å². The fourth-order valence-corrected chi connectivity index (χ4v) is 2.74. The van der Waals surface area contributed by atoms with E-state index >= 15 is 0 Å². The second kappa shape index (κ2) is 4.50. The van der Waals surface area contributed by atoms with Crippen LogP contribution in [0.5, 0.6) is 0 Å². The van der Waals surface area contributed by atoms with Crippen molar-refractivity contribution in [2.75, 3.05) is 0 Å². The van der Waals surface area contributed by atoms with Crippen molar-refractivity contribution in [3.63, 3.8) is 0 Å². The van der Waals surface area contributed by atoms with Crippen LogP contribution in [0.1, 0.15) is 50.8 Å². The largest absolute Gasteiger partial charge is 0.364 e. The van der Waals surface area contributed by atoms with Crippen LogP contribution in [0.3, 0.4) is 0 Å². The molecule has 3 nitrogen and oxygen atoms in total. The SMILES string of the molecule is CC(C)(C)c1conc1CC(C)(C)c1ccns1. The second-order valence-electron chi connectivity index (χ2n) is 6.36. The molecule has 0 N–H and O–H groups in total.